The highest BCUT2D eigenvalue weighted by Crippen LogP contribution is 2.36. The molecule has 0 saturated carbocycles. The molecule has 1 aromatic carbocycles. The fourth-order valence-electron chi connectivity index (χ4n) is 2.95. The van der Waals surface area contributed by atoms with E-state index in [9.17, 15) is 26.3 Å². The number of hydrogen-bond donors (Lipinski definition) is 0. The van der Waals surface area contributed by atoms with Gasteiger partial charge in [0, 0.05) is 0 Å². The van der Waals surface area contributed by atoms with Crippen molar-refractivity contribution in [3.8, 4) is 0 Å². The Labute approximate surface area is 156 Å². The van der Waals surface area contributed by atoms with Crippen molar-refractivity contribution >= 4 is 12.2 Å². The standard InChI is InChI=1S/C18H17F6N3O/c19-17(20,21)13-8-12(9-14(10-13)18(22,23)24)4-5-15-25-16(28-26-15)11-27-6-2-1-3-7-27/h4-5,8-10H,1-3,6-7,11H2. The Morgan fingerprint density at radius 3 is 2.07 bits per heavy atom. The van der Waals surface area contributed by atoms with Crippen LogP contribution in [0.25, 0.3) is 12.2 Å². The van der Waals surface area contributed by atoms with Crippen LogP contribution in [-0.4, -0.2) is 28.1 Å². The van der Waals surface area contributed by atoms with Crippen LogP contribution in [0.3, 0.4) is 0 Å². The number of aromatic nitrogens is 2. The summed E-state index contributed by atoms with van der Waals surface area (Å²) >= 11 is 0. The van der Waals surface area contributed by atoms with Gasteiger partial charge >= 0.3 is 12.4 Å². The largest absolute Gasteiger partial charge is 0.416 e. The molecule has 2 aromatic rings. The molecule has 1 aromatic heterocycles. The SMILES string of the molecule is FC(F)(F)c1cc(C=Cc2noc(CN3CCCCC3)n2)cc(C(F)(F)F)c1. The van der Waals surface area contributed by atoms with E-state index in [2.05, 4.69) is 15.0 Å². The summed E-state index contributed by atoms with van der Waals surface area (Å²) in [6, 6.07) is 1.36. The zero-order valence-corrected chi connectivity index (χ0v) is 14.6. The van der Waals surface area contributed by atoms with E-state index in [1.807, 2.05) is 0 Å². The highest BCUT2D eigenvalue weighted by molar-refractivity contribution is 5.67. The van der Waals surface area contributed by atoms with Crippen molar-refractivity contribution in [2.75, 3.05) is 13.1 Å². The summed E-state index contributed by atoms with van der Waals surface area (Å²) in [7, 11) is 0. The van der Waals surface area contributed by atoms with Gasteiger partial charge in [-0.25, -0.2) is 0 Å². The molecule has 0 radical (unpaired) electrons. The maximum absolute atomic E-state index is 12.9. The third-order valence-electron chi connectivity index (χ3n) is 4.33. The minimum Gasteiger partial charge on any atom is -0.338 e. The van der Waals surface area contributed by atoms with Gasteiger partial charge in [-0.15, -0.1) is 0 Å². The summed E-state index contributed by atoms with van der Waals surface area (Å²) < 4.78 is 82.4. The molecule has 0 N–H and O–H groups in total. The van der Waals surface area contributed by atoms with E-state index in [1.54, 1.807) is 0 Å². The Morgan fingerprint density at radius 2 is 1.50 bits per heavy atom. The second kappa shape index (κ2) is 7.94. The normalized spacial score (nSPS) is 16.8. The lowest BCUT2D eigenvalue weighted by molar-refractivity contribution is -0.143. The van der Waals surface area contributed by atoms with Crippen LogP contribution in [0.1, 0.15) is 47.7 Å². The molecule has 0 atom stereocenters. The van der Waals surface area contributed by atoms with E-state index in [1.165, 1.54) is 12.5 Å². The number of nitrogens with zero attached hydrogens (tertiary/aromatic N) is 3. The van der Waals surface area contributed by atoms with Crippen molar-refractivity contribution in [3.63, 3.8) is 0 Å². The molecule has 2 heterocycles. The fraction of sp³-hybridized carbons (Fsp3) is 0.444. The van der Waals surface area contributed by atoms with Crippen LogP contribution in [-0.2, 0) is 18.9 Å². The number of benzene rings is 1. The van der Waals surface area contributed by atoms with Crippen LogP contribution >= 0.6 is 0 Å². The second-order valence-electron chi connectivity index (χ2n) is 6.56. The summed E-state index contributed by atoms with van der Waals surface area (Å²) in [5.41, 5.74) is -3.01. The van der Waals surface area contributed by atoms with Crippen LogP contribution < -0.4 is 0 Å². The molecule has 152 valence electrons. The summed E-state index contributed by atoms with van der Waals surface area (Å²) in [6.07, 6.45) is -4.13. The lowest BCUT2D eigenvalue weighted by Crippen LogP contribution is -2.29. The molecule has 1 fully saturated rings. The van der Waals surface area contributed by atoms with Crippen molar-refractivity contribution in [2.45, 2.75) is 38.2 Å². The van der Waals surface area contributed by atoms with Crippen molar-refractivity contribution in [1.29, 1.82) is 0 Å². The zero-order chi connectivity index (χ0) is 20.4. The summed E-state index contributed by atoms with van der Waals surface area (Å²) in [6.45, 7) is 2.29. The van der Waals surface area contributed by atoms with Gasteiger partial charge in [-0.3, -0.25) is 4.90 Å². The minimum atomic E-state index is -4.89. The van der Waals surface area contributed by atoms with Crippen LogP contribution in [0.2, 0.25) is 0 Å². The average molecular weight is 405 g/mol. The van der Waals surface area contributed by atoms with Crippen LogP contribution in [0.4, 0.5) is 26.3 Å². The first-order valence-electron chi connectivity index (χ1n) is 8.64. The lowest BCUT2D eigenvalue weighted by atomic mass is 10.0. The predicted octanol–water partition coefficient (Wildman–Crippen LogP) is 5.26. The average Bonchev–Trinajstić information content (AvgIpc) is 3.06. The monoisotopic (exact) mass is 405 g/mol. The summed E-state index contributed by atoms with van der Waals surface area (Å²) in [5, 5.41) is 3.70. The van der Waals surface area contributed by atoms with Gasteiger partial charge in [-0.2, -0.15) is 31.3 Å². The van der Waals surface area contributed by atoms with Gasteiger partial charge in [0.05, 0.1) is 17.7 Å². The first kappa shape index (κ1) is 20.4. The van der Waals surface area contributed by atoms with Crippen LogP contribution in [0.15, 0.2) is 22.7 Å². The fourth-order valence-corrected chi connectivity index (χ4v) is 2.95. The highest BCUT2D eigenvalue weighted by atomic mass is 19.4. The Kier molecular flexibility index (Phi) is 5.78. The first-order valence-corrected chi connectivity index (χ1v) is 8.64. The molecule has 1 aliphatic rings. The molecule has 0 bridgehead atoms. The minimum absolute atomic E-state index is 0.0815. The van der Waals surface area contributed by atoms with E-state index < -0.39 is 23.5 Å². The summed E-state index contributed by atoms with van der Waals surface area (Å²) in [5.74, 6) is 0.430. The third kappa shape index (κ3) is 5.34. The summed E-state index contributed by atoms with van der Waals surface area (Å²) in [4.78, 5) is 6.26. The molecule has 0 spiro atoms. The van der Waals surface area contributed by atoms with Gasteiger partial charge in [0.25, 0.3) is 0 Å². The molecule has 4 nitrogen and oxygen atoms in total. The zero-order valence-electron chi connectivity index (χ0n) is 14.6. The van der Waals surface area contributed by atoms with Crippen molar-refractivity contribution in [1.82, 2.24) is 15.0 Å². The first-order chi connectivity index (χ1) is 13.1. The third-order valence-corrected chi connectivity index (χ3v) is 4.33. The van der Waals surface area contributed by atoms with E-state index >= 15 is 0 Å². The number of rotatable bonds is 4. The lowest BCUT2D eigenvalue weighted by Gasteiger charge is -2.24. The van der Waals surface area contributed by atoms with E-state index in [4.69, 9.17) is 4.52 Å². The van der Waals surface area contributed by atoms with Crippen molar-refractivity contribution < 1.29 is 30.9 Å². The van der Waals surface area contributed by atoms with Crippen molar-refractivity contribution in [3.05, 3.63) is 46.6 Å². The maximum atomic E-state index is 12.9. The quantitative estimate of drug-likeness (QED) is 0.651. The van der Waals surface area contributed by atoms with Gasteiger partial charge < -0.3 is 4.52 Å². The van der Waals surface area contributed by atoms with Gasteiger partial charge in [-0.05, 0) is 55.8 Å². The molecular weight excluding hydrogens is 388 g/mol. The molecule has 1 aliphatic heterocycles. The molecule has 0 unspecified atom stereocenters. The Balaban J connectivity index is 1.78. The van der Waals surface area contributed by atoms with Crippen LogP contribution in [0.5, 0.6) is 0 Å². The molecular formula is C18H17F6N3O. The van der Waals surface area contributed by atoms with E-state index in [0.29, 0.717) is 24.6 Å². The topological polar surface area (TPSA) is 42.2 Å². The number of likely N-dealkylation sites (tertiary alicyclic amines) is 1. The highest BCUT2D eigenvalue weighted by Gasteiger charge is 2.36. The van der Waals surface area contributed by atoms with Crippen molar-refractivity contribution in [2.24, 2.45) is 0 Å². The molecule has 1 saturated heterocycles. The Morgan fingerprint density at radius 1 is 0.893 bits per heavy atom. The van der Waals surface area contributed by atoms with E-state index in [-0.39, 0.29) is 17.5 Å². The molecule has 3 rings (SSSR count). The maximum Gasteiger partial charge on any atom is 0.416 e. The van der Waals surface area contributed by atoms with Gasteiger partial charge in [0.2, 0.25) is 5.89 Å². The van der Waals surface area contributed by atoms with Gasteiger partial charge in [0.1, 0.15) is 0 Å². The Bertz CT molecular complexity index is 802. The molecule has 0 aliphatic carbocycles. The smallest absolute Gasteiger partial charge is 0.338 e. The number of hydrogen-bond acceptors (Lipinski definition) is 4. The molecule has 10 heteroatoms. The molecule has 0 amide bonds. The van der Waals surface area contributed by atoms with Gasteiger partial charge in [0.15, 0.2) is 5.82 Å². The van der Waals surface area contributed by atoms with Crippen LogP contribution in [0, 0.1) is 0 Å². The van der Waals surface area contributed by atoms with Gasteiger partial charge in [-0.1, -0.05) is 17.7 Å². The van der Waals surface area contributed by atoms with E-state index in [0.717, 1.165) is 32.0 Å². The number of halogens is 6. The second-order valence-corrected chi connectivity index (χ2v) is 6.56. The predicted molar refractivity (Wildman–Crippen MR) is 88.8 cm³/mol. The Hall–Kier alpha value is -2.36. The number of alkyl halides is 6. The molecule has 28 heavy (non-hydrogen) atoms. The number of piperidine rings is 1.